The molecule has 0 aliphatic heterocycles. The highest BCUT2D eigenvalue weighted by Crippen LogP contribution is 2.14. The molecular formula is C10H9IN2O2S. The topological polar surface area (TPSA) is 52.0 Å². The molecule has 0 unspecified atom stereocenters. The summed E-state index contributed by atoms with van der Waals surface area (Å²) in [5.74, 6) is 0. The maximum absolute atomic E-state index is 11.3. The molecule has 0 N–H and O–H groups in total. The largest absolute Gasteiger partial charge is 0.240 e. The van der Waals surface area contributed by atoms with Crippen LogP contribution in [0.2, 0.25) is 0 Å². The molecule has 4 nitrogen and oxygen atoms in total. The number of halogens is 1. The van der Waals surface area contributed by atoms with Gasteiger partial charge in [-0.15, -0.1) is 0 Å². The van der Waals surface area contributed by atoms with Crippen LogP contribution in [0.4, 0.5) is 0 Å². The van der Waals surface area contributed by atoms with E-state index < -0.39 is 9.84 Å². The van der Waals surface area contributed by atoms with E-state index >= 15 is 0 Å². The number of sulfone groups is 1. The van der Waals surface area contributed by atoms with Gasteiger partial charge in [-0.25, -0.2) is 13.1 Å². The third-order valence-corrected chi connectivity index (χ3v) is 3.77. The lowest BCUT2D eigenvalue weighted by Gasteiger charge is -2.02. The van der Waals surface area contributed by atoms with Crippen LogP contribution in [0, 0.1) is 3.57 Å². The number of aromatic nitrogens is 2. The Bertz CT molecular complexity index is 602. The minimum absolute atomic E-state index is 0.318. The van der Waals surface area contributed by atoms with Gasteiger partial charge in [0, 0.05) is 12.5 Å². The highest BCUT2D eigenvalue weighted by molar-refractivity contribution is 14.1. The lowest BCUT2D eigenvalue weighted by Crippen LogP contribution is -1.98. The Balaban J connectivity index is 2.40. The third kappa shape index (κ3) is 2.43. The fourth-order valence-corrected chi connectivity index (χ4v) is 2.31. The van der Waals surface area contributed by atoms with Gasteiger partial charge in [-0.3, -0.25) is 0 Å². The minimum Gasteiger partial charge on any atom is -0.240 e. The van der Waals surface area contributed by atoms with Gasteiger partial charge in [0.2, 0.25) is 0 Å². The molecule has 0 radical (unpaired) electrons. The van der Waals surface area contributed by atoms with Crippen LogP contribution in [0.1, 0.15) is 0 Å². The van der Waals surface area contributed by atoms with Crippen LogP contribution in [0.25, 0.3) is 5.69 Å². The van der Waals surface area contributed by atoms with Gasteiger partial charge in [0.25, 0.3) is 0 Å². The molecule has 0 spiro atoms. The molecular weight excluding hydrogens is 339 g/mol. The van der Waals surface area contributed by atoms with Crippen LogP contribution in [-0.4, -0.2) is 24.5 Å². The van der Waals surface area contributed by atoms with E-state index in [-0.39, 0.29) is 0 Å². The van der Waals surface area contributed by atoms with Crippen molar-refractivity contribution in [3.05, 3.63) is 40.2 Å². The monoisotopic (exact) mass is 348 g/mol. The molecule has 16 heavy (non-hydrogen) atoms. The summed E-state index contributed by atoms with van der Waals surface area (Å²) >= 11 is 2.17. The molecule has 0 aliphatic carbocycles. The van der Waals surface area contributed by atoms with Crippen molar-refractivity contribution < 1.29 is 8.42 Å². The van der Waals surface area contributed by atoms with E-state index in [1.54, 1.807) is 35.1 Å². The highest BCUT2D eigenvalue weighted by Gasteiger charge is 2.06. The molecule has 0 aliphatic rings. The molecule has 0 bridgehead atoms. The summed E-state index contributed by atoms with van der Waals surface area (Å²) in [4.78, 5) is 0.318. The van der Waals surface area contributed by atoms with E-state index in [0.717, 1.165) is 9.26 Å². The van der Waals surface area contributed by atoms with Gasteiger partial charge in [0.15, 0.2) is 9.84 Å². The molecule has 0 amide bonds. The fraction of sp³-hybridized carbons (Fsp3) is 0.100. The maximum Gasteiger partial charge on any atom is 0.175 e. The maximum atomic E-state index is 11.3. The first-order valence-corrected chi connectivity index (χ1v) is 7.44. The molecule has 2 aromatic rings. The van der Waals surface area contributed by atoms with Crippen LogP contribution in [0.3, 0.4) is 0 Å². The second-order valence-corrected chi connectivity index (χ2v) is 6.63. The SMILES string of the molecule is CS(=O)(=O)c1ccc(-n2cc(I)cn2)cc1. The van der Waals surface area contributed by atoms with Crippen LogP contribution in [0.15, 0.2) is 41.6 Å². The first-order valence-electron chi connectivity index (χ1n) is 4.47. The van der Waals surface area contributed by atoms with Crippen molar-refractivity contribution >= 4 is 32.4 Å². The zero-order chi connectivity index (χ0) is 11.8. The quantitative estimate of drug-likeness (QED) is 0.779. The molecule has 0 saturated heterocycles. The lowest BCUT2D eigenvalue weighted by molar-refractivity contribution is 0.602. The van der Waals surface area contributed by atoms with Crippen LogP contribution in [0.5, 0.6) is 0 Å². The molecule has 6 heteroatoms. The Morgan fingerprint density at radius 3 is 2.31 bits per heavy atom. The average molecular weight is 348 g/mol. The van der Waals surface area contributed by atoms with Crippen molar-refractivity contribution in [2.45, 2.75) is 4.90 Å². The minimum atomic E-state index is -3.13. The van der Waals surface area contributed by atoms with Crippen LogP contribution < -0.4 is 0 Å². The Hall–Kier alpha value is -0.890. The number of benzene rings is 1. The zero-order valence-electron chi connectivity index (χ0n) is 8.46. The molecule has 0 fully saturated rings. The van der Waals surface area contributed by atoms with E-state index in [1.807, 2.05) is 6.20 Å². The molecule has 84 valence electrons. The Kier molecular flexibility index (Phi) is 3.02. The predicted molar refractivity (Wildman–Crippen MR) is 69.4 cm³/mol. The van der Waals surface area contributed by atoms with Crippen molar-refractivity contribution in [1.29, 1.82) is 0 Å². The summed E-state index contributed by atoms with van der Waals surface area (Å²) in [6.45, 7) is 0. The number of rotatable bonds is 2. The van der Waals surface area contributed by atoms with Crippen LogP contribution in [-0.2, 0) is 9.84 Å². The smallest absolute Gasteiger partial charge is 0.175 e. The Morgan fingerprint density at radius 2 is 1.88 bits per heavy atom. The Morgan fingerprint density at radius 1 is 1.25 bits per heavy atom. The number of hydrogen-bond acceptors (Lipinski definition) is 3. The van der Waals surface area contributed by atoms with Gasteiger partial charge < -0.3 is 0 Å². The summed E-state index contributed by atoms with van der Waals surface area (Å²) in [7, 11) is -3.13. The van der Waals surface area contributed by atoms with Gasteiger partial charge in [-0.2, -0.15) is 5.10 Å². The van der Waals surface area contributed by atoms with Gasteiger partial charge >= 0.3 is 0 Å². The fourth-order valence-electron chi connectivity index (χ4n) is 1.29. The van der Waals surface area contributed by atoms with Gasteiger partial charge in [0.1, 0.15) is 0 Å². The molecule has 1 heterocycles. The van der Waals surface area contributed by atoms with E-state index in [0.29, 0.717) is 4.90 Å². The first-order chi connectivity index (χ1) is 7.47. The van der Waals surface area contributed by atoms with Crippen molar-refractivity contribution in [2.24, 2.45) is 0 Å². The van der Waals surface area contributed by atoms with Crippen molar-refractivity contribution in [2.75, 3.05) is 6.26 Å². The summed E-state index contributed by atoms with van der Waals surface area (Å²) in [6, 6.07) is 6.64. The summed E-state index contributed by atoms with van der Waals surface area (Å²) in [6.07, 6.45) is 4.81. The molecule has 0 atom stereocenters. The molecule has 1 aromatic heterocycles. The standard InChI is InChI=1S/C10H9IN2O2S/c1-16(14,15)10-4-2-9(3-5-10)13-7-8(11)6-12-13/h2-7H,1H3. The summed E-state index contributed by atoms with van der Waals surface area (Å²) in [5.41, 5.74) is 0.843. The number of hydrogen-bond donors (Lipinski definition) is 0. The van der Waals surface area contributed by atoms with Gasteiger partial charge in [-0.05, 0) is 46.9 Å². The highest BCUT2D eigenvalue weighted by atomic mass is 127. The van der Waals surface area contributed by atoms with Crippen molar-refractivity contribution in [1.82, 2.24) is 9.78 Å². The van der Waals surface area contributed by atoms with Gasteiger partial charge in [0.05, 0.1) is 20.3 Å². The third-order valence-electron chi connectivity index (χ3n) is 2.08. The predicted octanol–water partition coefficient (Wildman–Crippen LogP) is 1.88. The molecule has 2 rings (SSSR count). The van der Waals surface area contributed by atoms with E-state index in [4.69, 9.17) is 0 Å². The van der Waals surface area contributed by atoms with E-state index in [1.165, 1.54) is 6.26 Å². The summed E-state index contributed by atoms with van der Waals surface area (Å²) in [5, 5.41) is 4.14. The van der Waals surface area contributed by atoms with Crippen molar-refractivity contribution in [3.8, 4) is 5.69 Å². The van der Waals surface area contributed by atoms with Gasteiger partial charge in [-0.1, -0.05) is 0 Å². The van der Waals surface area contributed by atoms with Crippen LogP contribution >= 0.6 is 22.6 Å². The Labute approximate surface area is 107 Å². The summed E-state index contributed by atoms with van der Waals surface area (Å²) < 4.78 is 25.3. The van der Waals surface area contributed by atoms with E-state index in [9.17, 15) is 8.42 Å². The first kappa shape index (κ1) is 11.6. The zero-order valence-corrected chi connectivity index (χ0v) is 11.4. The van der Waals surface area contributed by atoms with Crippen molar-refractivity contribution in [3.63, 3.8) is 0 Å². The number of nitrogens with zero attached hydrogens (tertiary/aromatic N) is 2. The lowest BCUT2D eigenvalue weighted by atomic mass is 10.3. The van der Waals surface area contributed by atoms with E-state index in [2.05, 4.69) is 27.7 Å². The molecule has 0 saturated carbocycles. The second-order valence-electron chi connectivity index (χ2n) is 3.37. The second kappa shape index (κ2) is 4.17. The molecule has 1 aromatic carbocycles. The normalized spacial score (nSPS) is 11.6. The average Bonchev–Trinajstić information content (AvgIpc) is 2.64.